The number of nitrogens with zero attached hydrogens (tertiary/aromatic N) is 1. The highest BCUT2D eigenvalue weighted by molar-refractivity contribution is 7.99. The lowest BCUT2D eigenvalue weighted by Gasteiger charge is -2.19. The van der Waals surface area contributed by atoms with Crippen molar-refractivity contribution < 1.29 is 14.3 Å². The lowest BCUT2D eigenvalue weighted by Crippen LogP contribution is -2.42. The zero-order chi connectivity index (χ0) is 16.9. The Morgan fingerprint density at radius 3 is 3.00 bits per heavy atom. The summed E-state index contributed by atoms with van der Waals surface area (Å²) in [6.45, 7) is 2.16. The number of hydrogen-bond donors (Lipinski definition) is 2. The molecule has 2 unspecified atom stereocenters. The van der Waals surface area contributed by atoms with Crippen LogP contribution in [-0.4, -0.2) is 61.1 Å². The molecule has 2 amide bonds. The van der Waals surface area contributed by atoms with E-state index in [2.05, 4.69) is 10.6 Å². The minimum absolute atomic E-state index is 0.114. The zero-order valence-corrected chi connectivity index (χ0v) is 14.6. The van der Waals surface area contributed by atoms with E-state index in [1.165, 1.54) is 0 Å². The summed E-state index contributed by atoms with van der Waals surface area (Å²) in [6, 6.07) is 7.06. The third kappa shape index (κ3) is 3.84. The van der Waals surface area contributed by atoms with Crippen molar-refractivity contribution in [1.82, 2.24) is 15.5 Å². The molecule has 0 bridgehead atoms. The summed E-state index contributed by atoms with van der Waals surface area (Å²) >= 11 is 1.79. The SMILES string of the molecule is COc1ccccc1C(=O)NCC1CNC(C(=O)N2CCSC2)C1. The highest BCUT2D eigenvalue weighted by Gasteiger charge is 2.33. The topological polar surface area (TPSA) is 70.7 Å². The summed E-state index contributed by atoms with van der Waals surface area (Å²) in [5, 5.41) is 6.25. The number of hydrogen-bond acceptors (Lipinski definition) is 5. The number of amides is 2. The molecule has 2 aliphatic heterocycles. The maximum absolute atomic E-state index is 12.4. The Balaban J connectivity index is 1.49. The van der Waals surface area contributed by atoms with Crippen LogP contribution in [0.3, 0.4) is 0 Å². The van der Waals surface area contributed by atoms with Crippen LogP contribution in [0.4, 0.5) is 0 Å². The number of methoxy groups -OCH3 is 1. The second-order valence-corrected chi connectivity index (χ2v) is 7.19. The highest BCUT2D eigenvalue weighted by Crippen LogP contribution is 2.21. The van der Waals surface area contributed by atoms with Crippen LogP contribution in [0.1, 0.15) is 16.8 Å². The summed E-state index contributed by atoms with van der Waals surface area (Å²) in [4.78, 5) is 26.6. The van der Waals surface area contributed by atoms with Crippen molar-refractivity contribution in [2.75, 3.05) is 38.4 Å². The van der Waals surface area contributed by atoms with Crippen molar-refractivity contribution in [3.05, 3.63) is 29.8 Å². The van der Waals surface area contributed by atoms with Gasteiger partial charge in [0.05, 0.1) is 24.6 Å². The molecule has 2 heterocycles. The summed E-state index contributed by atoms with van der Waals surface area (Å²) in [5.41, 5.74) is 0.535. The lowest BCUT2D eigenvalue weighted by molar-refractivity contribution is -0.131. The third-order valence-electron chi connectivity index (χ3n) is 4.49. The van der Waals surface area contributed by atoms with Gasteiger partial charge < -0.3 is 20.3 Å². The smallest absolute Gasteiger partial charge is 0.255 e. The van der Waals surface area contributed by atoms with Gasteiger partial charge in [-0.25, -0.2) is 0 Å². The molecule has 6 nitrogen and oxygen atoms in total. The first kappa shape index (κ1) is 17.1. The van der Waals surface area contributed by atoms with Gasteiger partial charge in [0.2, 0.25) is 5.91 Å². The van der Waals surface area contributed by atoms with Crippen LogP contribution in [-0.2, 0) is 4.79 Å². The second kappa shape index (κ2) is 7.90. The van der Waals surface area contributed by atoms with Crippen LogP contribution >= 0.6 is 11.8 Å². The van der Waals surface area contributed by atoms with Gasteiger partial charge in [0.1, 0.15) is 5.75 Å². The van der Waals surface area contributed by atoms with Crippen molar-refractivity contribution in [2.45, 2.75) is 12.5 Å². The third-order valence-corrected chi connectivity index (χ3v) is 5.45. The van der Waals surface area contributed by atoms with Crippen molar-refractivity contribution in [3.8, 4) is 5.75 Å². The van der Waals surface area contributed by atoms with Gasteiger partial charge in [-0.3, -0.25) is 9.59 Å². The Labute approximate surface area is 146 Å². The van der Waals surface area contributed by atoms with E-state index in [0.717, 1.165) is 31.1 Å². The molecular formula is C17H23N3O3S. The van der Waals surface area contributed by atoms with Gasteiger partial charge in [-0.1, -0.05) is 12.1 Å². The fraction of sp³-hybridized carbons (Fsp3) is 0.529. The molecule has 24 heavy (non-hydrogen) atoms. The molecule has 2 saturated heterocycles. The standard InChI is InChI=1S/C17H23N3O3S/c1-23-15-5-3-2-4-13(15)16(21)19-10-12-8-14(18-9-12)17(22)20-6-7-24-11-20/h2-5,12,14,18H,6-11H2,1H3,(H,19,21). The molecule has 2 aliphatic rings. The molecule has 7 heteroatoms. The average Bonchev–Trinajstić information content (AvgIpc) is 3.30. The van der Waals surface area contributed by atoms with Gasteiger partial charge >= 0.3 is 0 Å². The molecule has 3 rings (SSSR count). The van der Waals surface area contributed by atoms with E-state index in [0.29, 0.717) is 17.9 Å². The molecular weight excluding hydrogens is 326 g/mol. The van der Waals surface area contributed by atoms with Crippen molar-refractivity contribution in [2.24, 2.45) is 5.92 Å². The molecule has 0 spiro atoms. The lowest BCUT2D eigenvalue weighted by atomic mass is 10.0. The normalized spacial score (nSPS) is 23.3. The Hall–Kier alpha value is -1.73. The van der Waals surface area contributed by atoms with E-state index in [-0.39, 0.29) is 23.8 Å². The number of para-hydroxylation sites is 1. The molecule has 130 valence electrons. The summed E-state index contributed by atoms with van der Waals surface area (Å²) in [7, 11) is 1.56. The van der Waals surface area contributed by atoms with Crippen LogP contribution in [0.25, 0.3) is 0 Å². The van der Waals surface area contributed by atoms with E-state index in [1.807, 2.05) is 17.0 Å². The Morgan fingerprint density at radius 1 is 1.42 bits per heavy atom. The summed E-state index contributed by atoms with van der Waals surface area (Å²) in [5.74, 6) is 2.71. The second-order valence-electron chi connectivity index (χ2n) is 6.11. The van der Waals surface area contributed by atoms with E-state index in [1.54, 1.807) is 31.0 Å². The number of ether oxygens (including phenoxy) is 1. The van der Waals surface area contributed by atoms with E-state index < -0.39 is 0 Å². The number of thioether (sulfide) groups is 1. The molecule has 0 aromatic heterocycles. The monoisotopic (exact) mass is 349 g/mol. The van der Waals surface area contributed by atoms with E-state index in [4.69, 9.17) is 4.74 Å². The quantitative estimate of drug-likeness (QED) is 0.828. The van der Waals surface area contributed by atoms with Crippen molar-refractivity contribution in [3.63, 3.8) is 0 Å². The van der Waals surface area contributed by atoms with Gasteiger partial charge in [0.15, 0.2) is 0 Å². The van der Waals surface area contributed by atoms with Gasteiger partial charge in [-0.15, -0.1) is 11.8 Å². The summed E-state index contributed by atoms with van der Waals surface area (Å²) in [6.07, 6.45) is 0.770. The van der Waals surface area contributed by atoms with Gasteiger partial charge in [-0.2, -0.15) is 0 Å². The van der Waals surface area contributed by atoms with Crippen molar-refractivity contribution >= 4 is 23.6 Å². The number of benzene rings is 1. The Morgan fingerprint density at radius 2 is 2.25 bits per heavy atom. The molecule has 0 radical (unpaired) electrons. The first-order chi connectivity index (χ1) is 11.7. The summed E-state index contributed by atoms with van der Waals surface area (Å²) < 4.78 is 5.22. The first-order valence-electron chi connectivity index (χ1n) is 8.20. The zero-order valence-electron chi connectivity index (χ0n) is 13.8. The van der Waals surface area contributed by atoms with Crippen LogP contribution < -0.4 is 15.4 Å². The number of carbonyl (C=O) groups excluding carboxylic acids is 2. The molecule has 2 N–H and O–H groups in total. The fourth-order valence-corrected chi connectivity index (χ4v) is 4.08. The maximum Gasteiger partial charge on any atom is 0.255 e. The Bertz CT molecular complexity index is 604. The van der Waals surface area contributed by atoms with Gasteiger partial charge in [-0.05, 0) is 24.5 Å². The van der Waals surface area contributed by atoms with E-state index in [9.17, 15) is 9.59 Å². The van der Waals surface area contributed by atoms with Gasteiger partial charge in [0.25, 0.3) is 5.91 Å². The highest BCUT2D eigenvalue weighted by atomic mass is 32.2. The predicted octanol–water partition coefficient (Wildman–Crippen LogP) is 0.936. The Kier molecular flexibility index (Phi) is 5.63. The molecule has 0 aliphatic carbocycles. The van der Waals surface area contributed by atoms with Crippen molar-refractivity contribution in [1.29, 1.82) is 0 Å². The minimum atomic E-state index is -0.141. The average molecular weight is 349 g/mol. The minimum Gasteiger partial charge on any atom is -0.496 e. The molecule has 0 saturated carbocycles. The number of carbonyl (C=O) groups is 2. The van der Waals surface area contributed by atoms with Crippen LogP contribution in [0, 0.1) is 5.92 Å². The maximum atomic E-state index is 12.4. The molecule has 2 fully saturated rings. The molecule has 1 aromatic rings. The molecule has 2 atom stereocenters. The number of rotatable bonds is 5. The fourth-order valence-electron chi connectivity index (χ4n) is 3.13. The van der Waals surface area contributed by atoms with Crippen LogP contribution in [0.2, 0.25) is 0 Å². The first-order valence-corrected chi connectivity index (χ1v) is 9.35. The predicted molar refractivity (Wildman–Crippen MR) is 94.3 cm³/mol. The van der Waals surface area contributed by atoms with Crippen LogP contribution in [0.15, 0.2) is 24.3 Å². The van der Waals surface area contributed by atoms with Crippen LogP contribution in [0.5, 0.6) is 5.75 Å². The van der Waals surface area contributed by atoms with E-state index >= 15 is 0 Å². The van der Waals surface area contributed by atoms with Gasteiger partial charge in [0, 0.05) is 25.4 Å². The molecule has 1 aromatic carbocycles. The number of nitrogens with one attached hydrogen (secondary N) is 2. The largest absolute Gasteiger partial charge is 0.496 e.